The number of carboxylic acid groups (broad SMARTS) is 1. The average Bonchev–Trinajstić information content (AvgIpc) is 2.44. The maximum Gasteiger partial charge on any atom is 0.323 e. The number of Topliss-reactive ketones (excluding diaryl/α,β-unsaturated/α-hetero) is 1. The largest absolute Gasteiger partial charge is 0.481 e. The van der Waals surface area contributed by atoms with E-state index in [-0.39, 0.29) is 39.0 Å². The predicted octanol–water partition coefficient (Wildman–Crippen LogP) is -0.902. The zero-order valence-corrected chi connectivity index (χ0v) is 12.1. The maximum absolute atomic E-state index is 11.0. The summed E-state index contributed by atoms with van der Waals surface area (Å²) in [5.74, 6) is -1.73. The van der Waals surface area contributed by atoms with E-state index in [0.29, 0.717) is 16.2 Å². The van der Waals surface area contributed by atoms with E-state index in [9.17, 15) is 29.8 Å². The molecule has 0 aliphatic heterocycles. The van der Waals surface area contributed by atoms with Crippen molar-refractivity contribution < 1.29 is 29.6 Å². The van der Waals surface area contributed by atoms with Crippen LogP contribution in [0.25, 0.3) is 5.53 Å². The Morgan fingerprint density at radius 1 is 1.04 bits per heavy atom. The molecule has 0 atom stereocenters. The van der Waals surface area contributed by atoms with Gasteiger partial charge in [0.05, 0.1) is 19.5 Å². The number of rotatable bonds is 13. The van der Waals surface area contributed by atoms with E-state index in [1.807, 2.05) is 0 Å². The Kier molecular flexibility index (Phi) is 9.20. The van der Waals surface area contributed by atoms with Crippen molar-refractivity contribution in [2.24, 2.45) is 0 Å². The molecule has 0 heterocycles. The lowest BCUT2D eigenvalue weighted by molar-refractivity contribution is -0.673. The normalized spacial score (nSPS) is 9.57. The Labute approximate surface area is 129 Å². The van der Waals surface area contributed by atoms with E-state index in [4.69, 9.17) is 10.6 Å². The van der Waals surface area contributed by atoms with Crippen LogP contribution >= 0.6 is 0 Å². The summed E-state index contributed by atoms with van der Waals surface area (Å²) in [6.45, 7) is -1.16. The highest BCUT2D eigenvalue weighted by Gasteiger charge is 2.21. The van der Waals surface area contributed by atoms with Crippen LogP contribution in [-0.4, -0.2) is 74.1 Å². The van der Waals surface area contributed by atoms with Gasteiger partial charge in [0.2, 0.25) is 5.78 Å². The van der Waals surface area contributed by atoms with Crippen LogP contribution in [0.1, 0.15) is 19.3 Å². The van der Waals surface area contributed by atoms with Gasteiger partial charge < -0.3 is 10.6 Å². The number of hydrogen-bond donors (Lipinski definition) is 1. The van der Waals surface area contributed by atoms with Gasteiger partial charge in [-0.15, -0.1) is 10.0 Å². The standard InChI is InChI=1S/C10H16N6O7/c11-12-8-9(17)2-1-4-13(15(20)21)6-7-14(16(22)23)5-3-10(18)19/h8H,1-7H2,(H,18,19). The number of aliphatic carboxylic acids is 1. The van der Waals surface area contributed by atoms with Crippen molar-refractivity contribution in [3.63, 3.8) is 0 Å². The van der Waals surface area contributed by atoms with Crippen LogP contribution in [0.2, 0.25) is 0 Å². The molecule has 0 saturated carbocycles. The molecule has 0 aromatic carbocycles. The van der Waals surface area contributed by atoms with E-state index >= 15 is 0 Å². The molecule has 0 aromatic rings. The molecule has 128 valence electrons. The van der Waals surface area contributed by atoms with Gasteiger partial charge in [0.15, 0.2) is 10.1 Å². The number of carbonyl (C=O) groups is 2. The Balaban J connectivity index is 4.41. The summed E-state index contributed by atoms with van der Waals surface area (Å²) in [5, 5.41) is 29.8. The molecule has 0 saturated heterocycles. The summed E-state index contributed by atoms with van der Waals surface area (Å²) in [4.78, 5) is 45.6. The fourth-order valence-corrected chi connectivity index (χ4v) is 1.57. The topological polar surface area (TPSA) is 184 Å². The van der Waals surface area contributed by atoms with Gasteiger partial charge in [-0.3, -0.25) is 9.59 Å². The molecule has 23 heavy (non-hydrogen) atoms. The van der Waals surface area contributed by atoms with Gasteiger partial charge in [0.1, 0.15) is 13.1 Å². The fourth-order valence-electron chi connectivity index (χ4n) is 1.57. The number of ketones is 1. The van der Waals surface area contributed by atoms with Crippen LogP contribution in [0.15, 0.2) is 0 Å². The van der Waals surface area contributed by atoms with Crippen LogP contribution in [-0.2, 0) is 9.59 Å². The van der Waals surface area contributed by atoms with Gasteiger partial charge >= 0.3 is 12.2 Å². The molecule has 0 bridgehead atoms. The van der Waals surface area contributed by atoms with Crippen LogP contribution in [0.5, 0.6) is 0 Å². The lowest BCUT2D eigenvalue weighted by Gasteiger charge is -2.17. The summed E-state index contributed by atoms with van der Waals surface area (Å²) >= 11 is 0. The Bertz CT molecular complexity index is 504. The summed E-state index contributed by atoms with van der Waals surface area (Å²) < 4.78 is 0. The Morgan fingerprint density at radius 2 is 1.57 bits per heavy atom. The lowest BCUT2D eigenvalue weighted by Crippen LogP contribution is -2.41. The number of nitrogens with zero attached hydrogens (tertiary/aromatic N) is 6. The Hall–Kier alpha value is -3.08. The number of hydrazine groups is 2. The molecule has 0 amide bonds. The smallest absolute Gasteiger partial charge is 0.323 e. The van der Waals surface area contributed by atoms with Gasteiger partial charge in [0, 0.05) is 6.42 Å². The van der Waals surface area contributed by atoms with E-state index in [2.05, 4.69) is 4.79 Å². The van der Waals surface area contributed by atoms with Crippen molar-refractivity contribution >= 4 is 18.0 Å². The maximum atomic E-state index is 11.0. The van der Waals surface area contributed by atoms with Crippen LogP contribution in [0.4, 0.5) is 0 Å². The highest BCUT2D eigenvalue weighted by molar-refractivity contribution is 6.25. The fraction of sp³-hybridized carbons (Fsp3) is 0.700. The molecular formula is C10H16N6O7. The molecule has 0 unspecified atom stereocenters. The first kappa shape index (κ1) is 19.9. The molecule has 0 fully saturated rings. The lowest BCUT2D eigenvalue weighted by atomic mass is 10.2. The molecule has 1 N–H and O–H groups in total. The summed E-state index contributed by atoms with van der Waals surface area (Å²) in [6.07, 6.45) is 0.233. The number of carbonyl (C=O) groups excluding carboxylic acids is 1. The van der Waals surface area contributed by atoms with E-state index in [1.54, 1.807) is 0 Å². The minimum Gasteiger partial charge on any atom is -0.481 e. The minimum absolute atomic E-state index is 0.0770. The molecule has 13 heteroatoms. The van der Waals surface area contributed by atoms with Crippen LogP contribution < -0.4 is 0 Å². The van der Waals surface area contributed by atoms with Crippen molar-refractivity contribution in [3.8, 4) is 0 Å². The molecule has 0 spiro atoms. The quantitative estimate of drug-likeness (QED) is 0.147. The first-order valence-corrected chi connectivity index (χ1v) is 6.48. The van der Waals surface area contributed by atoms with Crippen LogP contribution in [0, 0.1) is 20.2 Å². The average molecular weight is 332 g/mol. The SMILES string of the molecule is [N-]=[N+]=CC(=O)CCCN(CCN(CCC(=O)O)[N+](=O)[O-])[N+](=O)[O-]. The number of nitro groups is 2. The number of carboxylic acids is 1. The van der Waals surface area contributed by atoms with Gasteiger partial charge in [0.25, 0.3) is 0 Å². The third kappa shape index (κ3) is 9.47. The highest BCUT2D eigenvalue weighted by Crippen LogP contribution is 1.99. The molecule has 0 aliphatic carbocycles. The molecule has 0 aliphatic rings. The first-order valence-electron chi connectivity index (χ1n) is 6.48. The van der Waals surface area contributed by atoms with Crippen molar-refractivity contribution in [1.29, 1.82) is 0 Å². The zero-order chi connectivity index (χ0) is 17.8. The minimum atomic E-state index is -1.22. The molecular weight excluding hydrogens is 316 g/mol. The number of hydrogen-bond acceptors (Lipinski definition) is 6. The van der Waals surface area contributed by atoms with Crippen molar-refractivity contribution in [2.75, 3.05) is 26.2 Å². The molecule has 0 rings (SSSR count). The third-order valence-corrected chi connectivity index (χ3v) is 2.70. The summed E-state index contributed by atoms with van der Waals surface area (Å²) in [7, 11) is 0. The van der Waals surface area contributed by atoms with E-state index in [1.165, 1.54) is 0 Å². The van der Waals surface area contributed by atoms with Gasteiger partial charge in [-0.1, -0.05) is 0 Å². The second-order valence-electron chi connectivity index (χ2n) is 4.34. The van der Waals surface area contributed by atoms with Crippen molar-refractivity contribution in [3.05, 3.63) is 25.8 Å². The summed E-state index contributed by atoms with van der Waals surface area (Å²) in [5.41, 5.74) is 8.14. The van der Waals surface area contributed by atoms with Gasteiger partial charge in [-0.2, -0.15) is 4.79 Å². The van der Waals surface area contributed by atoms with E-state index in [0.717, 1.165) is 0 Å². The summed E-state index contributed by atoms with van der Waals surface area (Å²) in [6, 6.07) is 0. The second kappa shape index (κ2) is 10.6. The van der Waals surface area contributed by atoms with Crippen molar-refractivity contribution in [1.82, 2.24) is 10.0 Å². The second-order valence-corrected chi connectivity index (χ2v) is 4.34. The van der Waals surface area contributed by atoms with Gasteiger partial charge in [-0.05, 0) is 6.42 Å². The van der Waals surface area contributed by atoms with E-state index < -0.39 is 28.2 Å². The zero-order valence-electron chi connectivity index (χ0n) is 12.1. The Morgan fingerprint density at radius 3 is 2.00 bits per heavy atom. The first-order chi connectivity index (χ1) is 10.8. The van der Waals surface area contributed by atoms with Gasteiger partial charge in [-0.25, -0.2) is 20.2 Å². The highest BCUT2D eigenvalue weighted by atomic mass is 16.7. The monoisotopic (exact) mass is 332 g/mol. The molecule has 0 radical (unpaired) electrons. The van der Waals surface area contributed by atoms with Crippen molar-refractivity contribution in [2.45, 2.75) is 19.3 Å². The predicted molar refractivity (Wildman–Crippen MR) is 73.3 cm³/mol. The third-order valence-electron chi connectivity index (χ3n) is 2.70. The molecule has 0 aromatic heterocycles. The van der Waals surface area contributed by atoms with Crippen LogP contribution in [0.3, 0.4) is 0 Å². The molecule has 13 nitrogen and oxygen atoms in total.